The summed E-state index contributed by atoms with van der Waals surface area (Å²) in [6.45, 7) is 0.993. The van der Waals surface area contributed by atoms with Gasteiger partial charge in [-0.15, -0.1) is 0 Å². The lowest BCUT2D eigenvalue weighted by molar-refractivity contribution is -0.120. The van der Waals surface area contributed by atoms with Crippen LogP contribution in [0.3, 0.4) is 0 Å². The Morgan fingerprint density at radius 3 is 2.67 bits per heavy atom. The molecule has 8 heteroatoms. The number of carbonyl (C=O) groups is 2. The first-order valence-electron chi connectivity index (χ1n) is 9.23. The van der Waals surface area contributed by atoms with Gasteiger partial charge in [0.15, 0.2) is 11.5 Å². The molecule has 0 saturated heterocycles. The van der Waals surface area contributed by atoms with Gasteiger partial charge < -0.3 is 19.0 Å². The van der Waals surface area contributed by atoms with E-state index in [2.05, 4.69) is 10.5 Å². The standard InChI is InChI=1S/C22H18N2O6/c25-21(12-14-5-7-19-20(11-14)29-10-9-28-19)24-23-13-15-6-8-18(30-15)16-3-1-2-4-17(16)22(26)27/h1-8,11,13H,9-10,12H2,(H,24,25)(H,26,27)/b23-13+. The molecule has 0 aliphatic carbocycles. The molecule has 0 fully saturated rings. The lowest BCUT2D eigenvalue weighted by atomic mass is 10.1. The Balaban J connectivity index is 1.37. The van der Waals surface area contributed by atoms with Crippen molar-refractivity contribution in [2.45, 2.75) is 6.42 Å². The van der Waals surface area contributed by atoms with Crippen molar-refractivity contribution in [2.75, 3.05) is 13.2 Å². The fourth-order valence-electron chi connectivity index (χ4n) is 3.04. The van der Waals surface area contributed by atoms with E-state index in [0.717, 1.165) is 5.56 Å². The monoisotopic (exact) mass is 406 g/mol. The minimum absolute atomic E-state index is 0.128. The normalized spacial score (nSPS) is 12.7. The molecule has 30 heavy (non-hydrogen) atoms. The van der Waals surface area contributed by atoms with E-state index in [4.69, 9.17) is 13.9 Å². The van der Waals surface area contributed by atoms with Crippen LogP contribution in [0.4, 0.5) is 0 Å². The number of nitrogens with zero attached hydrogens (tertiary/aromatic N) is 1. The number of furan rings is 1. The summed E-state index contributed by atoms with van der Waals surface area (Å²) in [7, 11) is 0. The highest BCUT2D eigenvalue weighted by atomic mass is 16.6. The number of fused-ring (bicyclic) bond motifs is 1. The van der Waals surface area contributed by atoms with Gasteiger partial charge in [-0.3, -0.25) is 4.79 Å². The third-order valence-corrected chi connectivity index (χ3v) is 4.40. The van der Waals surface area contributed by atoms with E-state index in [1.165, 1.54) is 12.3 Å². The Morgan fingerprint density at radius 2 is 1.83 bits per heavy atom. The number of benzene rings is 2. The molecule has 0 atom stereocenters. The second kappa shape index (κ2) is 8.52. The minimum atomic E-state index is -1.04. The number of rotatable bonds is 6. The maximum absolute atomic E-state index is 12.1. The van der Waals surface area contributed by atoms with Crippen LogP contribution in [0.25, 0.3) is 11.3 Å². The van der Waals surface area contributed by atoms with Gasteiger partial charge in [-0.1, -0.05) is 24.3 Å². The molecule has 1 aromatic heterocycles. The molecule has 1 aliphatic heterocycles. The Bertz CT molecular complexity index is 1120. The number of carboxylic acid groups (broad SMARTS) is 1. The Hall–Kier alpha value is -4.07. The third kappa shape index (κ3) is 4.33. The van der Waals surface area contributed by atoms with Crippen LogP contribution in [0, 0.1) is 0 Å². The van der Waals surface area contributed by atoms with E-state index < -0.39 is 5.97 Å². The highest BCUT2D eigenvalue weighted by Crippen LogP contribution is 2.30. The van der Waals surface area contributed by atoms with Gasteiger partial charge in [0.2, 0.25) is 5.91 Å². The second-order valence-electron chi connectivity index (χ2n) is 6.50. The zero-order chi connectivity index (χ0) is 20.9. The van der Waals surface area contributed by atoms with Gasteiger partial charge in [-0.25, -0.2) is 10.2 Å². The van der Waals surface area contributed by atoms with Crippen molar-refractivity contribution in [2.24, 2.45) is 5.10 Å². The summed E-state index contributed by atoms with van der Waals surface area (Å²) in [5.74, 6) is 0.734. The number of aromatic carboxylic acids is 1. The maximum atomic E-state index is 12.1. The van der Waals surface area contributed by atoms with Gasteiger partial charge in [0.25, 0.3) is 0 Å². The van der Waals surface area contributed by atoms with Gasteiger partial charge >= 0.3 is 5.97 Å². The smallest absolute Gasteiger partial charge is 0.336 e. The highest BCUT2D eigenvalue weighted by molar-refractivity contribution is 5.95. The molecule has 4 rings (SSSR count). The molecule has 1 aliphatic rings. The van der Waals surface area contributed by atoms with Crippen molar-refractivity contribution in [3.8, 4) is 22.8 Å². The number of hydrazone groups is 1. The van der Waals surface area contributed by atoms with E-state index in [1.807, 2.05) is 0 Å². The van der Waals surface area contributed by atoms with Crippen LogP contribution in [0.2, 0.25) is 0 Å². The molecule has 0 unspecified atom stereocenters. The summed E-state index contributed by atoms with van der Waals surface area (Å²) in [5.41, 5.74) is 3.82. The summed E-state index contributed by atoms with van der Waals surface area (Å²) < 4.78 is 16.6. The van der Waals surface area contributed by atoms with E-state index in [0.29, 0.717) is 41.8 Å². The quantitative estimate of drug-likeness (QED) is 0.481. The molecular formula is C22H18N2O6. The van der Waals surface area contributed by atoms with Crippen molar-refractivity contribution in [3.63, 3.8) is 0 Å². The summed E-state index contributed by atoms with van der Waals surface area (Å²) in [6, 6.07) is 15.2. The Kier molecular flexibility index (Phi) is 5.47. The van der Waals surface area contributed by atoms with Crippen molar-refractivity contribution < 1.29 is 28.6 Å². The van der Waals surface area contributed by atoms with Crippen LogP contribution < -0.4 is 14.9 Å². The lowest BCUT2D eigenvalue weighted by Crippen LogP contribution is -2.20. The molecule has 0 saturated carbocycles. The van der Waals surface area contributed by atoms with Crippen LogP contribution in [0.1, 0.15) is 21.7 Å². The molecule has 2 heterocycles. The summed E-state index contributed by atoms with van der Waals surface area (Å²) >= 11 is 0. The average molecular weight is 406 g/mol. The van der Waals surface area contributed by atoms with Crippen molar-refractivity contribution in [1.29, 1.82) is 0 Å². The van der Waals surface area contributed by atoms with Gasteiger partial charge in [0.05, 0.1) is 18.2 Å². The van der Waals surface area contributed by atoms with Gasteiger partial charge in [0, 0.05) is 5.56 Å². The van der Waals surface area contributed by atoms with E-state index in [-0.39, 0.29) is 17.9 Å². The van der Waals surface area contributed by atoms with Gasteiger partial charge in [-0.2, -0.15) is 5.10 Å². The molecule has 1 amide bonds. The lowest BCUT2D eigenvalue weighted by Gasteiger charge is -2.18. The molecule has 0 radical (unpaired) electrons. The first-order valence-corrected chi connectivity index (χ1v) is 9.23. The van der Waals surface area contributed by atoms with Crippen molar-refractivity contribution in [3.05, 3.63) is 71.5 Å². The average Bonchev–Trinajstić information content (AvgIpc) is 3.22. The van der Waals surface area contributed by atoms with E-state index in [9.17, 15) is 14.7 Å². The summed E-state index contributed by atoms with van der Waals surface area (Å²) in [6.07, 6.45) is 1.48. The molecule has 0 bridgehead atoms. The van der Waals surface area contributed by atoms with Gasteiger partial charge in [-0.05, 0) is 35.9 Å². The maximum Gasteiger partial charge on any atom is 0.336 e. The van der Waals surface area contributed by atoms with Crippen molar-refractivity contribution in [1.82, 2.24) is 5.43 Å². The molecule has 2 N–H and O–H groups in total. The van der Waals surface area contributed by atoms with Crippen molar-refractivity contribution >= 4 is 18.1 Å². The molecule has 152 valence electrons. The predicted molar refractivity (Wildman–Crippen MR) is 108 cm³/mol. The molecule has 8 nitrogen and oxygen atoms in total. The Labute approximate surface area is 171 Å². The second-order valence-corrected chi connectivity index (χ2v) is 6.50. The van der Waals surface area contributed by atoms with Crippen LogP contribution in [0.5, 0.6) is 11.5 Å². The summed E-state index contributed by atoms with van der Waals surface area (Å²) in [4.78, 5) is 23.5. The topological polar surface area (TPSA) is 110 Å². The number of amides is 1. The zero-order valence-corrected chi connectivity index (χ0v) is 15.8. The van der Waals surface area contributed by atoms with Gasteiger partial charge in [0.1, 0.15) is 24.7 Å². The molecule has 2 aromatic carbocycles. The SMILES string of the molecule is O=C(Cc1ccc2c(c1)OCCO2)N/N=C/c1ccc(-c2ccccc2C(=O)O)o1. The number of hydrogen-bond donors (Lipinski definition) is 2. The molecule has 0 spiro atoms. The molecule has 3 aromatic rings. The number of hydrogen-bond acceptors (Lipinski definition) is 6. The fraction of sp³-hybridized carbons (Fsp3) is 0.136. The summed E-state index contributed by atoms with van der Waals surface area (Å²) in [5, 5.41) is 13.2. The fourth-order valence-corrected chi connectivity index (χ4v) is 3.04. The van der Waals surface area contributed by atoms with Crippen LogP contribution >= 0.6 is 0 Å². The number of nitrogens with one attached hydrogen (secondary N) is 1. The Morgan fingerprint density at radius 1 is 1.03 bits per heavy atom. The number of ether oxygens (including phenoxy) is 2. The number of carbonyl (C=O) groups excluding carboxylic acids is 1. The predicted octanol–water partition coefficient (Wildman–Crippen LogP) is 3.11. The third-order valence-electron chi connectivity index (χ3n) is 4.40. The highest BCUT2D eigenvalue weighted by Gasteiger charge is 2.14. The first-order chi connectivity index (χ1) is 14.6. The van der Waals surface area contributed by atoms with E-state index >= 15 is 0 Å². The van der Waals surface area contributed by atoms with E-state index in [1.54, 1.807) is 48.5 Å². The van der Waals surface area contributed by atoms with Crippen LogP contribution in [-0.4, -0.2) is 36.4 Å². The first kappa shape index (κ1) is 19.3. The largest absolute Gasteiger partial charge is 0.486 e. The number of carboxylic acids is 1. The zero-order valence-electron chi connectivity index (χ0n) is 15.8. The minimum Gasteiger partial charge on any atom is -0.486 e. The molecular weight excluding hydrogens is 388 g/mol. The van der Waals surface area contributed by atoms with Crippen LogP contribution in [-0.2, 0) is 11.2 Å². The van der Waals surface area contributed by atoms with Crippen LogP contribution in [0.15, 0.2) is 64.1 Å².